The van der Waals surface area contributed by atoms with Gasteiger partial charge in [-0.05, 0) is 37.3 Å². The number of benzene rings is 2. The van der Waals surface area contributed by atoms with Gasteiger partial charge in [0, 0.05) is 11.6 Å². The zero-order chi connectivity index (χ0) is 16.2. The highest BCUT2D eigenvalue weighted by Crippen LogP contribution is 2.18. The predicted molar refractivity (Wildman–Crippen MR) is 91.7 cm³/mol. The van der Waals surface area contributed by atoms with Gasteiger partial charge >= 0.3 is 0 Å². The fourth-order valence-corrected chi connectivity index (χ4v) is 2.31. The molecule has 0 radical (unpaired) electrons. The van der Waals surface area contributed by atoms with Crippen molar-refractivity contribution in [3.05, 3.63) is 71.9 Å². The van der Waals surface area contributed by atoms with Crippen molar-refractivity contribution in [3.63, 3.8) is 0 Å². The number of guanidine groups is 1. The van der Waals surface area contributed by atoms with E-state index in [1.807, 2.05) is 55.5 Å². The van der Waals surface area contributed by atoms with Crippen molar-refractivity contribution in [3.8, 4) is 0 Å². The maximum atomic E-state index is 12.5. The smallest absolute Gasteiger partial charge is 0.258 e. The molecule has 0 aliphatic carbocycles. The van der Waals surface area contributed by atoms with Crippen LogP contribution < -0.4 is 11.1 Å². The number of rotatable bonds is 2. The minimum absolute atomic E-state index is 0.0545. The van der Waals surface area contributed by atoms with E-state index in [-0.39, 0.29) is 11.9 Å². The molecule has 0 aliphatic rings. The second-order valence-corrected chi connectivity index (χ2v) is 5.17. The normalized spacial score (nSPS) is 11.4. The molecular weight excluding hydrogens is 288 g/mol. The lowest BCUT2D eigenvalue weighted by Gasteiger charge is -2.08. The Hall–Kier alpha value is -3.21. The van der Waals surface area contributed by atoms with E-state index >= 15 is 0 Å². The summed E-state index contributed by atoms with van der Waals surface area (Å²) in [4.78, 5) is 20.9. The Morgan fingerprint density at radius 2 is 1.91 bits per heavy atom. The van der Waals surface area contributed by atoms with Crippen LogP contribution in [-0.2, 0) is 0 Å². The summed E-state index contributed by atoms with van der Waals surface area (Å²) in [5.41, 5.74) is 8.85. The highest BCUT2D eigenvalue weighted by molar-refractivity contribution is 6.12. The molecule has 5 nitrogen and oxygen atoms in total. The molecule has 114 valence electrons. The molecule has 3 aromatic rings. The summed E-state index contributed by atoms with van der Waals surface area (Å²) in [5.74, 6) is -0.251. The van der Waals surface area contributed by atoms with E-state index in [1.54, 1.807) is 12.3 Å². The number of aromatic nitrogens is 1. The van der Waals surface area contributed by atoms with E-state index in [0.29, 0.717) is 11.3 Å². The molecular formula is C18H16N4O. The van der Waals surface area contributed by atoms with E-state index in [9.17, 15) is 4.79 Å². The Morgan fingerprint density at radius 1 is 1.13 bits per heavy atom. The summed E-state index contributed by atoms with van der Waals surface area (Å²) in [6.07, 6.45) is 1.61. The van der Waals surface area contributed by atoms with Crippen LogP contribution in [0.1, 0.15) is 15.9 Å². The molecule has 0 saturated carbocycles. The molecule has 0 unspecified atom stereocenters. The number of nitrogens with two attached hydrogens (primary N) is 1. The average molecular weight is 304 g/mol. The van der Waals surface area contributed by atoms with Crippen molar-refractivity contribution >= 4 is 28.5 Å². The number of hydrogen-bond donors (Lipinski definition) is 2. The molecule has 0 saturated heterocycles. The van der Waals surface area contributed by atoms with Gasteiger partial charge in [-0.3, -0.25) is 15.1 Å². The summed E-state index contributed by atoms with van der Waals surface area (Å²) in [5, 5.41) is 3.41. The summed E-state index contributed by atoms with van der Waals surface area (Å²) in [6.45, 7) is 1.97. The molecule has 1 amide bonds. The Kier molecular flexibility index (Phi) is 4.01. The third kappa shape index (κ3) is 3.35. The van der Waals surface area contributed by atoms with Gasteiger partial charge in [0.25, 0.3) is 5.91 Å². The van der Waals surface area contributed by atoms with Crippen LogP contribution in [0.15, 0.2) is 65.8 Å². The molecule has 0 bridgehead atoms. The number of carbonyl (C=O) groups is 1. The van der Waals surface area contributed by atoms with E-state index in [1.165, 1.54) is 0 Å². The molecule has 5 heteroatoms. The maximum absolute atomic E-state index is 12.5. The Balaban J connectivity index is 1.89. The quantitative estimate of drug-likeness (QED) is 0.564. The van der Waals surface area contributed by atoms with Crippen molar-refractivity contribution in [1.29, 1.82) is 0 Å². The van der Waals surface area contributed by atoms with E-state index in [4.69, 9.17) is 5.73 Å². The predicted octanol–water partition coefficient (Wildman–Crippen LogP) is 2.92. The maximum Gasteiger partial charge on any atom is 0.258 e. The van der Waals surface area contributed by atoms with Gasteiger partial charge in [0.15, 0.2) is 0 Å². The first-order valence-corrected chi connectivity index (χ1v) is 7.19. The first kappa shape index (κ1) is 14.7. The molecule has 2 aromatic carbocycles. The number of carbonyl (C=O) groups excluding carboxylic acids is 1. The standard InChI is InChI=1S/C18H16N4O/c1-12-7-8-16-15(11-12)14(9-10-20-16)17(23)22-18(19)21-13-5-3-2-4-6-13/h2-11H,1H3,(H3,19,21,22,23). The minimum atomic E-state index is -0.305. The number of nitrogens with one attached hydrogen (secondary N) is 1. The molecule has 23 heavy (non-hydrogen) atoms. The van der Waals surface area contributed by atoms with Crippen molar-refractivity contribution in [2.75, 3.05) is 0 Å². The van der Waals surface area contributed by atoms with Crippen molar-refractivity contribution in [2.24, 2.45) is 10.7 Å². The van der Waals surface area contributed by atoms with Gasteiger partial charge in [-0.1, -0.05) is 29.8 Å². The van der Waals surface area contributed by atoms with Crippen LogP contribution in [-0.4, -0.2) is 16.9 Å². The summed E-state index contributed by atoms with van der Waals surface area (Å²) in [6, 6.07) is 16.7. The highest BCUT2D eigenvalue weighted by Gasteiger charge is 2.11. The Labute approximate surface area is 133 Å². The number of pyridine rings is 1. The third-order valence-electron chi connectivity index (χ3n) is 3.39. The second-order valence-electron chi connectivity index (χ2n) is 5.17. The molecule has 0 atom stereocenters. The molecule has 3 N–H and O–H groups in total. The third-order valence-corrected chi connectivity index (χ3v) is 3.39. The Bertz CT molecular complexity index is 888. The Morgan fingerprint density at radius 3 is 2.70 bits per heavy atom. The lowest BCUT2D eigenvalue weighted by atomic mass is 10.1. The SMILES string of the molecule is Cc1ccc2nccc(C(=O)NC(N)=Nc3ccccc3)c2c1. The van der Waals surface area contributed by atoms with Gasteiger partial charge in [-0.25, -0.2) is 4.99 Å². The van der Waals surface area contributed by atoms with Crippen LogP contribution in [0.4, 0.5) is 5.69 Å². The average Bonchev–Trinajstić information content (AvgIpc) is 2.55. The first-order chi connectivity index (χ1) is 11.1. The number of hydrogen-bond acceptors (Lipinski definition) is 3. The van der Waals surface area contributed by atoms with Crippen molar-refractivity contribution in [2.45, 2.75) is 6.92 Å². The summed E-state index contributed by atoms with van der Waals surface area (Å²) < 4.78 is 0. The zero-order valence-corrected chi connectivity index (χ0v) is 12.7. The van der Waals surface area contributed by atoms with Gasteiger partial charge in [0.2, 0.25) is 5.96 Å². The fraction of sp³-hybridized carbons (Fsp3) is 0.0556. The number of fused-ring (bicyclic) bond motifs is 1. The molecule has 0 spiro atoms. The fourth-order valence-electron chi connectivity index (χ4n) is 2.31. The van der Waals surface area contributed by atoms with Crippen LogP contribution in [0, 0.1) is 6.92 Å². The molecule has 3 rings (SSSR count). The highest BCUT2D eigenvalue weighted by atomic mass is 16.1. The second kappa shape index (κ2) is 6.27. The molecule has 0 aliphatic heterocycles. The first-order valence-electron chi connectivity index (χ1n) is 7.19. The van der Waals surface area contributed by atoms with Crippen molar-refractivity contribution < 1.29 is 4.79 Å². The van der Waals surface area contributed by atoms with Crippen molar-refractivity contribution in [1.82, 2.24) is 10.3 Å². The molecule has 1 heterocycles. The lowest BCUT2D eigenvalue weighted by Crippen LogP contribution is -2.36. The summed E-state index contributed by atoms with van der Waals surface area (Å²) in [7, 11) is 0. The zero-order valence-electron chi connectivity index (χ0n) is 12.7. The topological polar surface area (TPSA) is 80.4 Å². The molecule has 0 fully saturated rings. The van der Waals surface area contributed by atoms with Crippen LogP contribution >= 0.6 is 0 Å². The summed E-state index contributed by atoms with van der Waals surface area (Å²) >= 11 is 0. The number of aryl methyl sites for hydroxylation is 1. The largest absolute Gasteiger partial charge is 0.369 e. The van der Waals surface area contributed by atoms with Crippen LogP contribution in [0.25, 0.3) is 10.9 Å². The van der Waals surface area contributed by atoms with Gasteiger partial charge in [0.05, 0.1) is 16.8 Å². The minimum Gasteiger partial charge on any atom is -0.369 e. The number of para-hydroxylation sites is 1. The van der Waals surface area contributed by atoms with Crippen LogP contribution in [0.5, 0.6) is 0 Å². The van der Waals surface area contributed by atoms with Gasteiger partial charge in [-0.15, -0.1) is 0 Å². The van der Waals surface area contributed by atoms with Gasteiger partial charge in [0.1, 0.15) is 0 Å². The van der Waals surface area contributed by atoms with Gasteiger partial charge in [-0.2, -0.15) is 0 Å². The number of nitrogens with zero attached hydrogens (tertiary/aromatic N) is 2. The number of amides is 1. The van der Waals surface area contributed by atoms with E-state index in [0.717, 1.165) is 16.5 Å². The van der Waals surface area contributed by atoms with Gasteiger partial charge < -0.3 is 5.73 Å². The number of aliphatic imine (C=N–C) groups is 1. The van der Waals surface area contributed by atoms with Crippen LogP contribution in [0.2, 0.25) is 0 Å². The van der Waals surface area contributed by atoms with E-state index in [2.05, 4.69) is 15.3 Å². The van der Waals surface area contributed by atoms with E-state index < -0.39 is 0 Å². The monoisotopic (exact) mass is 304 g/mol. The molecule has 1 aromatic heterocycles. The lowest BCUT2D eigenvalue weighted by molar-refractivity contribution is 0.0978. The van der Waals surface area contributed by atoms with Crippen LogP contribution in [0.3, 0.4) is 0 Å².